The number of hydrogen-bond acceptors (Lipinski definition) is 5. The molecule has 0 bridgehead atoms. The fourth-order valence-electron chi connectivity index (χ4n) is 2.49. The summed E-state index contributed by atoms with van der Waals surface area (Å²) in [4.78, 5) is 32.1. The van der Waals surface area contributed by atoms with E-state index in [-0.39, 0.29) is 23.5 Å². The van der Waals surface area contributed by atoms with Gasteiger partial charge in [0.05, 0.1) is 6.04 Å². The maximum absolute atomic E-state index is 13.0. The largest absolute Gasteiger partial charge is 0.499 e. The highest BCUT2D eigenvalue weighted by Crippen LogP contribution is 2.37. The van der Waals surface area contributed by atoms with Gasteiger partial charge in [0.15, 0.2) is 0 Å². The van der Waals surface area contributed by atoms with Crippen LogP contribution >= 0.6 is 0 Å². The summed E-state index contributed by atoms with van der Waals surface area (Å²) in [7, 11) is 0. The van der Waals surface area contributed by atoms with E-state index in [1.54, 1.807) is 6.92 Å². The monoisotopic (exact) mass is 444 g/mol. The van der Waals surface area contributed by atoms with Gasteiger partial charge in [0, 0.05) is 12.1 Å². The van der Waals surface area contributed by atoms with Gasteiger partial charge >= 0.3 is 12.3 Å². The van der Waals surface area contributed by atoms with Crippen molar-refractivity contribution in [1.82, 2.24) is 15.3 Å². The van der Waals surface area contributed by atoms with Gasteiger partial charge in [-0.15, -0.1) is 0 Å². The smallest absolute Gasteiger partial charge is 0.426 e. The van der Waals surface area contributed by atoms with Crippen molar-refractivity contribution in [2.45, 2.75) is 38.1 Å². The average molecular weight is 444 g/mol. The van der Waals surface area contributed by atoms with Gasteiger partial charge in [-0.1, -0.05) is 12.1 Å². The molecule has 166 valence electrons. The molecule has 12 heteroatoms. The van der Waals surface area contributed by atoms with Gasteiger partial charge in [-0.05, 0) is 43.5 Å². The van der Waals surface area contributed by atoms with Crippen LogP contribution in [0.3, 0.4) is 0 Å². The number of halogens is 5. The molecule has 2 aromatic rings. The minimum Gasteiger partial charge on any atom is -0.426 e. The van der Waals surface area contributed by atoms with E-state index in [1.165, 1.54) is 24.4 Å². The third-order valence-corrected chi connectivity index (χ3v) is 4.38. The molecule has 0 radical (unpaired) electrons. The molecular formula is C19H17F5N4O3. The molecule has 31 heavy (non-hydrogen) atoms. The number of nitrogens with one attached hydrogen (secondary N) is 2. The predicted octanol–water partition coefficient (Wildman–Crippen LogP) is 3.85. The lowest BCUT2D eigenvalue weighted by Crippen LogP contribution is -2.41. The topological polar surface area (TPSA) is 93.2 Å². The van der Waals surface area contributed by atoms with Crippen molar-refractivity contribution in [3.8, 4) is 5.75 Å². The third kappa shape index (κ3) is 5.64. The van der Waals surface area contributed by atoms with E-state index in [9.17, 15) is 31.5 Å². The Morgan fingerprint density at radius 1 is 1.10 bits per heavy atom. The van der Waals surface area contributed by atoms with Crippen molar-refractivity contribution in [1.29, 1.82) is 0 Å². The Labute approximate surface area is 173 Å². The van der Waals surface area contributed by atoms with Gasteiger partial charge in [-0.2, -0.15) is 22.0 Å². The van der Waals surface area contributed by atoms with Crippen molar-refractivity contribution in [2.24, 2.45) is 5.92 Å². The molecule has 1 fully saturated rings. The highest BCUT2D eigenvalue weighted by atomic mass is 19.4. The molecule has 1 aliphatic rings. The molecule has 0 saturated heterocycles. The molecule has 1 saturated carbocycles. The summed E-state index contributed by atoms with van der Waals surface area (Å²) in [6.45, 7) is 1.58. The molecule has 0 spiro atoms. The first-order valence-electron chi connectivity index (χ1n) is 9.14. The Balaban J connectivity index is 1.61. The van der Waals surface area contributed by atoms with Crippen LogP contribution < -0.4 is 15.4 Å². The van der Waals surface area contributed by atoms with Gasteiger partial charge in [0.2, 0.25) is 11.9 Å². The number of carbonyl (C=O) groups excluding carboxylic acids is 2. The van der Waals surface area contributed by atoms with E-state index in [4.69, 9.17) is 0 Å². The normalized spacial score (nSPS) is 15.2. The van der Waals surface area contributed by atoms with E-state index < -0.39 is 30.0 Å². The summed E-state index contributed by atoms with van der Waals surface area (Å²) in [5, 5.41) is 5.13. The Bertz CT molecular complexity index is 962. The maximum atomic E-state index is 13.0. The fraction of sp³-hybridized carbons (Fsp3) is 0.368. The second-order valence-electron chi connectivity index (χ2n) is 6.91. The molecule has 7 nitrogen and oxygen atoms in total. The van der Waals surface area contributed by atoms with E-state index in [0.29, 0.717) is 5.56 Å². The zero-order valence-electron chi connectivity index (χ0n) is 16.0. The molecule has 1 heterocycles. The van der Waals surface area contributed by atoms with Crippen molar-refractivity contribution in [3.63, 3.8) is 0 Å². The van der Waals surface area contributed by atoms with E-state index in [1.807, 2.05) is 0 Å². The van der Waals surface area contributed by atoms with Crippen molar-refractivity contribution in [3.05, 3.63) is 47.8 Å². The zero-order chi connectivity index (χ0) is 22.8. The summed E-state index contributed by atoms with van der Waals surface area (Å²) < 4.78 is 66.3. The second-order valence-corrected chi connectivity index (χ2v) is 6.91. The molecule has 1 aromatic heterocycles. The number of nitrogens with zero attached hydrogens (tertiary/aromatic N) is 2. The summed E-state index contributed by atoms with van der Waals surface area (Å²) in [5.74, 6) is -1.57. The van der Waals surface area contributed by atoms with E-state index >= 15 is 0 Å². The maximum Gasteiger partial charge on any atom is 0.499 e. The number of amides is 2. The van der Waals surface area contributed by atoms with Crippen LogP contribution in [0.5, 0.6) is 5.75 Å². The Hall–Kier alpha value is -3.31. The number of anilines is 1. The average Bonchev–Trinajstić information content (AvgIpc) is 3.53. The number of aromatic nitrogens is 2. The number of hydrogen-bond donors (Lipinski definition) is 2. The van der Waals surface area contributed by atoms with Crippen LogP contribution in [0.2, 0.25) is 0 Å². The molecular weight excluding hydrogens is 427 g/mol. The van der Waals surface area contributed by atoms with Gasteiger partial charge in [-0.3, -0.25) is 14.9 Å². The SMILES string of the molecule is CC(NC(=O)c1ccnc(NC(=O)C2CC2)n1)c1ccc(OC(F)(F)C(F)(F)F)cc1. The predicted molar refractivity (Wildman–Crippen MR) is 97.3 cm³/mol. The lowest BCUT2D eigenvalue weighted by molar-refractivity contribution is -0.360. The molecule has 2 N–H and O–H groups in total. The van der Waals surface area contributed by atoms with E-state index in [0.717, 1.165) is 25.0 Å². The zero-order valence-corrected chi connectivity index (χ0v) is 16.0. The first-order chi connectivity index (χ1) is 14.5. The Morgan fingerprint density at radius 3 is 2.32 bits per heavy atom. The molecule has 2 amide bonds. The Kier molecular flexibility index (Phi) is 6.09. The van der Waals surface area contributed by atoms with Crippen molar-refractivity contribution < 1.29 is 36.3 Å². The lowest BCUT2D eigenvalue weighted by Gasteiger charge is -2.20. The number of alkyl halides is 5. The van der Waals surface area contributed by atoms with Crippen molar-refractivity contribution in [2.75, 3.05) is 5.32 Å². The minimum absolute atomic E-state index is 0.00991. The number of rotatable bonds is 7. The highest BCUT2D eigenvalue weighted by Gasteiger charge is 2.61. The van der Waals surface area contributed by atoms with E-state index in [2.05, 4.69) is 25.3 Å². The van der Waals surface area contributed by atoms with Crippen LogP contribution in [0.15, 0.2) is 36.5 Å². The van der Waals surface area contributed by atoms with Gasteiger partial charge < -0.3 is 10.1 Å². The summed E-state index contributed by atoms with van der Waals surface area (Å²) in [6.07, 6.45) is -8.28. The minimum atomic E-state index is -5.85. The molecule has 1 aromatic carbocycles. The molecule has 1 atom stereocenters. The van der Waals surface area contributed by atoms with Crippen LogP contribution in [-0.4, -0.2) is 34.1 Å². The molecule has 3 rings (SSSR count). The van der Waals surface area contributed by atoms with Gasteiger partial charge in [-0.25, -0.2) is 9.97 Å². The summed E-state index contributed by atoms with van der Waals surface area (Å²) in [5.41, 5.74) is 0.407. The quantitative estimate of drug-likeness (QED) is 0.633. The first-order valence-corrected chi connectivity index (χ1v) is 9.14. The first kappa shape index (κ1) is 22.4. The number of ether oxygens (including phenoxy) is 1. The molecule has 1 aliphatic carbocycles. The van der Waals surface area contributed by atoms with Gasteiger partial charge in [0.1, 0.15) is 11.4 Å². The standard InChI is InChI=1S/C19H17F5N4O3/c1-10(11-4-6-13(7-5-11)31-19(23,24)18(20,21)22)26-16(30)14-8-9-25-17(27-14)28-15(29)12-2-3-12/h4-10,12H,2-3H2,1H3,(H,26,30)(H,25,27,28,29). The Morgan fingerprint density at radius 2 is 1.74 bits per heavy atom. The number of benzene rings is 1. The summed E-state index contributed by atoms with van der Waals surface area (Å²) in [6, 6.07) is 5.07. The van der Waals surface area contributed by atoms with Crippen LogP contribution in [0.25, 0.3) is 0 Å². The molecule has 0 aliphatic heterocycles. The molecule has 1 unspecified atom stereocenters. The second kappa shape index (κ2) is 8.44. The van der Waals surface area contributed by atoms with Crippen LogP contribution in [-0.2, 0) is 4.79 Å². The highest BCUT2D eigenvalue weighted by molar-refractivity contribution is 5.95. The van der Waals surface area contributed by atoms with Crippen molar-refractivity contribution >= 4 is 17.8 Å². The van der Waals surface area contributed by atoms with Crippen LogP contribution in [0, 0.1) is 5.92 Å². The van der Waals surface area contributed by atoms with Crippen LogP contribution in [0.4, 0.5) is 27.9 Å². The number of carbonyl (C=O) groups is 2. The lowest BCUT2D eigenvalue weighted by atomic mass is 10.1. The van der Waals surface area contributed by atoms with Gasteiger partial charge in [0.25, 0.3) is 5.91 Å². The fourth-order valence-corrected chi connectivity index (χ4v) is 2.49. The summed E-state index contributed by atoms with van der Waals surface area (Å²) >= 11 is 0. The van der Waals surface area contributed by atoms with Crippen LogP contribution in [0.1, 0.15) is 41.9 Å². The third-order valence-electron chi connectivity index (χ3n) is 4.38.